The lowest BCUT2D eigenvalue weighted by Gasteiger charge is -1.93. The third-order valence-corrected chi connectivity index (χ3v) is 1.54. The first-order valence-electron chi connectivity index (χ1n) is 2.99. The van der Waals surface area contributed by atoms with Crippen molar-refractivity contribution in [3.05, 3.63) is 0 Å². The molecule has 0 aromatic heterocycles. The van der Waals surface area contributed by atoms with Crippen LogP contribution in [-0.4, -0.2) is 18.2 Å². The summed E-state index contributed by atoms with van der Waals surface area (Å²) in [7, 11) is 0. The molecular formula is C6H9NO2. The van der Waals surface area contributed by atoms with E-state index in [1.807, 2.05) is 6.92 Å². The van der Waals surface area contributed by atoms with Gasteiger partial charge in [-0.15, -0.1) is 0 Å². The molecule has 0 aromatic carbocycles. The first kappa shape index (κ1) is 6.26. The quantitative estimate of drug-likeness (QED) is 0.409. The minimum atomic E-state index is -0.496. The first-order valence-corrected chi connectivity index (χ1v) is 2.99. The average molecular weight is 127 g/mol. The molecule has 2 unspecified atom stereocenters. The molecule has 3 nitrogen and oxygen atoms in total. The van der Waals surface area contributed by atoms with Crippen LogP contribution in [0.3, 0.4) is 0 Å². The van der Waals surface area contributed by atoms with E-state index in [1.165, 1.54) is 0 Å². The molecule has 2 atom stereocenters. The molecule has 1 aliphatic carbocycles. The molecule has 1 N–H and O–H groups in total. The van der Waals surface area contributed by atoms with E-state index in [4.69, 9.17) is 0 Å². The summed E-state index contributed by atoms with van der Waals surface area (Å²) in [6.45, 7) is 2.04. The SMILES string of the molecule is CC1CC1NC(=O)C=O. The second-order valence-corrected chi connectivity index (χ2v) is 2.45. The van der Waals surface area contributed by atoms with E-state index in [2.05, 4.69) is 5.32 Å². The van der Waals surface area contributed by atoms with Crippen molar-refractivity contribution in [3.63, 3.8) is 0 Å². The van der Waals surface area contributed by atoms with Crippen molar-refractivity contribution in [1.29, 1.82) is 0 Å². The van der Waals surface area contributed by atoms with Gasteiger partial charge in [-0.05, 0) is 12.3 Å². The highest BCUT2D eigenvalue weighted by Crippen LogP contribution is 2.28. The molecule has 0 radical (unpaired) electrons. The summed E-state index contributed by atoms with van der Waals surface area (Å²) in [5, 5.41) is 2.55. The molecule has 1 aliphatic rings. The molecule has 1 amide bonds. The number of hydrogen-bond acceptors (Lipinski definition) is 2. The van der Waals surface area contributed by atoms with Crippen molar-refractivity contribution < 1.29 is 9.59 Å². The van der Waals surface area contributed by atoms with Crippen LogP contribution in [0.5, 0.6) is 0 Å². The second-order valence-electron chi connectivity index (χ2n) is 2.45. The summed E-state index contributed by atoms with van der Waals surface area (Å²) in [6.07, 6.45) is 1.32. The standard InChI is InChI=1S/C6H9NO2/c1-4-2-5(4)7-6(9)3-8/h3-5H,2H2,1H3,(H,7,9). The van der Waals surface area contributed by atoms with Crippen LogP contribution in [0.2, 0.25) is 0 Å². The van der Waals surface area contributed by atoms with Gasteiger partial charge in [0.1, 0.15) is 0 Å². The van der Waals surface area contributed by atoms with Crippen molar-refractivity contribution in [2.75, 3.05) is 0 Å². The number of aldehydes is 1. The molecule has 0 heterocycles. The monoisotopic (exact) mass is 127 g/mol. The molecule has 1 rings (SSSR count). The lowest BCUT2D eigenvalue weighted by Crippen LogP contribution is -2.27. The van der Waals surface area contributed by atoms with Crippen molar-refractivity contribution in [3.8, 4) is 0 Å². The van der Waals surface area contributed by atoms with Crippen molar-refractivity contribution in [2.45, 2.75) is 19.4 Å². The van der Waals surface area contributed by atoms with Gasteiger partial charge in [0.05, 0.1) is 0 Å². The maximum atomic E-state index is 10.3. The van der Waals surface area contributed by atoms with Gasteiger partial charge in [0.2, 0.25) is 6.29 Å². The topological polar surface area (TPSA) is 46.2 Å². The van der Waals surface area contributed by atoms with Gasteiger partial charge < -0.3 is 5.32 Å². The Morgan fingerprint density at radius 3 is 2.67 bits per heavy atom. The predicted octanol–water partition coefficient (Wildman–Crippen LogP) is -0.290. The van der Waals surface area contributed by atoms with Crippen LogP contribution in [0.1, 0.15) is 13.3 Å². The molecule has 1 saturated carbocycles. The molecular weight excluding hydrogens is 118 g/mol. The Hall–Kier alpha value is -0.860. The summed E-state index contributed by atoms with van der Waals surface area (Å²) >= 11 is 0. The Bertz CT molecular complexity index is 144. The van der Waals surface area contributed by atoms with E-state index in [1.54, 1.807) is 0 Å². The fraction of sp³-hybridized carbons (Fsp3) is 0.667. The Labute approximate surface area is 53.4 Å². The van der Waals surface area contributed by atoms with Crippen molar-refractivity contribution in [2.24, 2.45) is 5.92 Å². The third kappa shape index (κ3) is 1.52. The van der Waals surface area contributed by atoms with Crippen LogP contribution in [0.15, 0.2) is 0 Å². The van der Waals surface area contributed by atoms with E-state index in [-0.39, 0.29) is 6.04 Å². The van der Waals surface area contributed by atoms with Gasteiger partial charge in [0.25, 0.3) is 5.91 Å². The summed E-state index contributed by atoms with van der Waals surface area (Å²) in [5.41, 5.74) is 0. The number of carbonyl (C=O) groups is 2. The van der Waals surface area contributed by atoms with E-state index < -0.39 is 5.91 Å². The maximum Gasteiger partial charge on any atom is 0.284 e. The predicted molar refractivity (Wildman–Crippen MR) is 31.8 cm³/mol. The molecule has 3 heteroatoms. The highest BCUT2D eigenvalue weighted by atomic mass is 16.2. The van der Waals surface area contributed by atoms with Crippen LogP contribution in [0.4, 0.5) is 0 Å². The molecule has 0 aromatic rings. The molecule has 50 valence electrons. The largest absolute Gasteiger partial charge is 0.347 e. The van der Waals surface area contributed by atoms with Crippen LogP contribution < -0.4 is 5.32 Å². The fourth-order valence-electron chi connectivity index (χ4n) is 0.740. The zero-order chi connectivity index (χ0) is 6.85. The van der Waals surface area contributed by atoms with Gasteiger partial charge in [-0.25, -0.2) is 0 Å². The summed E-state index contributed by atoms with van der Waals surface area (Å²) < 4.78 is 0. The average Bonchev–Trinajstić information content (AvgIpc) is 2.47. The second kappa shape index (κ2) is 2.17. The lowest BCUT2D eigenvalue weighted by molar-refractivity contribution is -0.131. The summed E-state index contributed by atoms with van der Waals surface area (Å²) in [5.74, 6) is 0.0678. The Morgan fingerprint density at radius 2 is 2.33 bits per heavy atom. The van der Waals surface area contributed by atoms with Gasteiger partial charge in [-0.3, -0.25) is 9.59 Å². The molecule has 0 saturated heterocycles. The molecule has 0 aliphatic heterocycles. The zero-order valence-corrected chi connectivity index (χ0v) is 5.26. The normalized spacial score (nSPS) is 31.2. The number of rotatable bonds is 2. The van der Waals surface area contributed by atoms with Crippen LogP contribution in [-0.2, 0) is 9.59 Å². The maximum absolute atomic E-state index is 10.3. The van der Waals surface area contributed by atoms with E-state index in [0.29, 0.717) is 12.2 Å². The van der Waals surface area contributed by atoms with Crippen LogP contribution in [0.25, 0.3) is 0 Å². The highest BCUT2D eigenvalue weighted by Gasteiger charge is 2.33. The Balaban J connectivity index is 2.19. The van der Waals surface area contributed by atoms with E-state index >= 15 is 0 Å². The minimum Gasteiger partial charge on any atom is -0.347 e. The number of carbonyl (C=O) groups excluding carboxylic acids is 2. The Kier molecular flexibility index (Phi) is 1.51. The summed E-state index contributed by atoms with van der Waals surface area (Å²) in [4.78, 5) is 20.1. The minimum absolute atomic E-state index is 0.266. The van der Waals surface area contributed by atoms with Gasteiger partial charge in [-0.1, -0.05) is 6.92 Å². The van der Waals surface area contributed by atoms with Gasteiger partial charge in [-0.2, -0.15) is 0 Å². The first-order chi connectivity index (χ1) is 4.24. The van der Waals surface area contributed by atoms with Crippen molar-refractivity contribution >= 4 is 12.2 Å². The van der Waals surface area contributed by atoms with Gasteiger partial charge in [0, 0.05) is 6.04 Å². The smallest absolute Gasteiger partial charge is 0.284 e. The fourth-order valence-corrected chi connectivity index (χ4v) is 0.740. The van der Waals surface area contributed by atoms with Crippen LogP contribution >= 0.6 is 0 Å². The zero-order valence-electron chi connectivity index (χ0n) is 5.26. The highest BCUT2D eigenvalue weighted by molar-refractivity contribution is 6.23. The Morgan fingerprint density at radius 1 is 1.78 bits per heavy atom. The summed E-state index contributed by atoms with van der Waals surface area (Å²) in [6, 6.07) is 0.266. The number of nitrogens with one attached hydrogen (secondary N) is 1. The number of hydrogen-bond donors (Lipinski definition) is 1. The van der Waals surface area contributed by atoms with E-state index in [0.717, 1.165) is 6.42 Å². The molecule has 1 fully saturated rings. The van der Waals surface area contributed by atoms with Crippen molar-refractivity contribution in [1.82, 2.24) is 5.32 Å². The number of amides is 1. The third-order valence-electron chi connectivity index (χ3n) is 1.54. The van der Waals surface area contributed by atoms with Gasteiger partial charge >= 0.3 is 0 Å². The lowest BCUT2D eigenvalue weighted by atomic mass is 10.5. The van der Waals surface area contributed by atoms with Gasteiger partial charge in [0.15, 0.2) is 0 Å². The van der Waals surface area contributed by atoms with Crippen LogP contribution in [0, 0.1) is 5.92 Å². The molecule has 9 heavy (non-hydrogen) atoms. The van der Waals surface area contributed by atoms with E-state index in [9.17, 15) is 9.59 Å². The molecule has 0 bridgehead atoms. The molecule has 0 spiro atoms.